The predicted molar refractivity (Wildman–Crippen MR) is 81.8 cm³/mol. The summed E-state index contributed by atoms with van der Waals surface area (Å²) in [6.07, 6.45) is 3.88. The lowest BCUT2D eigenvalue weighted by atomic mass is 10.0. The second-order valence-electron chi connectivity index (χ2n) is 4.29. The third-order valence-electron chi connectivity index (χ3n) is 2.88. The Bertz CT molecular complexity index is 468. The minimum atomic E-state index is 0.459. The molecule has 0 spiro atoms. The van der Waals surface area contributed by atoms with E-state index in [1.54, 1.807) is 18.1 Å². The van der Waals surface area contributed by atoms with Crippen molar-refractivity contribution in [1.82, 2.24) is 14.7 Å². The molecule has 0 aliphatic rings. The molecular formula is C14H19N3S2. The van der Waals surface area contributed by atoms with Crippen molar-refractivity contribution in [3.63, 3.8) is 0 Å². The lowest BCUT2D eigenvalue weighted by molar-refractivity contribution is 0.518. The molecule has 2 aromatic rings. The number of aromatic nitrogens is 2. The van der Waals surface area contributed by atoms with Crippen LogP contribution in [0.1, 0.15) is 38.3 Å². The van der Waals surface area contributed by atoms with E-state index in [-0.39, 0.29) is 0 Å². The number of nitrogens with one attached hydrogen (secondary N) is 1. The number of rotatable bonds is 7. The van der Waals surface area contributed by atoms with Crippen LogP contribution in [0.25, 0.3) is 0 Å². The third kappa shape index (κ3) is 4.30. The maximum absolute atomic E-state index is 4.18. The molecule has 1 aromatic carbocycles. The molecule has 0 fully saturated rings. The smallest absolute Gasteiger partial charge is 0.174 e. The van der Waals surface area contributed by atoms with Crippen LogP contribution in [0.4, 0.5) is 0 Å². The van der Waals surface area contributed by atoms with Gasteiger partial charge in [0.2, 0.25) is 0 Å². The van der Waals surface area contributed by atoms with Gasteiger partial charge in [-0.15, -0.1) is 0 Å². The minimum absolute atomic E-state index is 0.459. The summed E-state index contributed by atoms with van der Waals surface area (Å²) >= 11 is 3.10. The van der Waals surface area contributed by atoms with Crippen molar-refractivity contribution in [3.8, 4) is 0 Å². The standard InChI is InChI=1S/C14H19N3S2/c1-3-9-15-13(4-2)11-5-7-12(8-6-11)18-14-16-10-17-19-14/h5-8,10,13,15H,3-4,9H2,1-2H3. The van der Waals surface area contributed by atoms with Crippen LogP contribution in [0, 0.1) is 0 Å². The minimum Gasteiger partial charge on any atom is -0.310 e. The Labute approximate surface area is 123 Å². The molecule has 1 aromatic heterocycles. The van der Waals surface area contributed by atoms with Gasteiger partial charge in [0.15, 0.2) is 4.34 Å². The fourth-order valence-corrected chi connectivity index (χ4v) is 3.31. The number of nitrogens with zero attached hydrogens (tertiary/aromatic N) is 2. The topological polar surface area (TPSA) is 37.8 Å². The van der Waals surface area contributed by atoms with Crippen molar-refractivity contribution in [2.24, 2.45) is 0 Å². The quantitative estimate of drug-likeness (QED) is 0.832. The zero-order valence-corrected chi connectivity index (χ0v) is 12.9. The molecule has 0 saturated heterocycles. The molecule has 1 atom stereocenters. The first-order chi connectivity index (χ1) is 9.33. The van der Waals surface area contributed by atoms with Crippen molar-refractivity contribution in [2.45, 2.75) is 42.0 Å². The van der Waals surface area contributed by atoms with Crippen LogP contribution < -0.4 is 5.32 Å². The van der Waals surface area contributed by atoms with Gasteiger partial charge in [-0.1, -0.05) is 37.7 Å². The van der Waals surface area contributed by atoms with Gasteiger partial charge in [0.05, 0.1) is 0 Å². The molecule has 0 amide bonds. The van der Waals surface area contributed by atoms with Crippen molar-refractivity contribution in [3.05, 3.63) is 36.2 Å². The molecule has 102 valence electrons. The van der Waals surface area contributed by atoms with Crippen LogP contribution in [0.15, 0.2) is 39.8 Å². The Hall–Kier alpha value is -0.910. The molecule has 19 heavy (non-hydrogen) atoms. The molecule has 0 aliphatic carbocycles. The second kappa shape index (κ2) is 7.62. The van der Waals surface area contributed by atoms with E-state index in [0.29, 0.717) is 6.04 Å². The third-order valence-corrected chi connectivity index (χ3v) is 4.60. The van der Waals surface area contributed by atoms with E-state index in [1.807, 2.05) is 0 Å². The summed E-state index contributed by atoms with van der Waals surface area (Å²) in [6.45, 7) is 5.48. The van der Waals surface area contributed by atoms with Crippen molar-refractivity contribution >= 4 is 23.3 Å². The monoisotopic (exact) mass is 293 g/mol. The van der Waals surface area contributed by atoms with Crippen molar-refractivity contribution < 1.29 is 0 Å². The summed E-state index contributed by atoms with van der Waals surface area (Å²) in [4.78, 5) is 5.40. The van der Waals surface area contributed by atoms with E-state index in [9.17, 15) is 0 Å². The molecule has 5 heteroatoms. The molecule has 1 N–H and O–H groups in total. The zero-order valence-electron chi connectivity index (χ0n) is 11.3. The fourth-order valence-electron chi connectivity index (χ4n) is 1.89. The van der Waals surface area contributed by atoms with Crippen LogP contribution in [-0.2, 0) is 0 Å². The van der Waals surface area contributed by atoms with Gasteiger partial charge in [-0.25, -0.2) is 4.98 Å². The number of benzene rings is 1. The van der Waals surface area contributed by atoms with E-state index in [1.165, 1.54) is 28.4 Å². The summed E-state index contributed by atoms with van der Waals surface area (Å²) in [7, 11) is 0. The molecule has 0 bridgehead atoms. The molecule has 0 radical (unpaired) electrons. The fraction of sp³-hybridized carbons (Fsp3) is 0.429. The van der Waals surface area contributed by atoms with Crippen LogP contribution in [0.2, 0.25) is 0 Å². The van der Waals surface area contributed by atoms with Crippen molar-refractivity contribution in [2.75, 3.05) is 6.54 Å². The summed E-state index contributed by atoms with van der Waals surface area (Å²) in [5, 5.41) is 3.57. The van der Waals surface area contributed by atoms with Gasteiger partial charge in [0.1, 0.15) is 6.33 Å². The highest BCUT2D eigenvalue weighted by Gasteiger charge is 2.08. The van der Waals surface area contributed by atoms with Gasteiger partial charge in [0, 0.05) is 10.9 Å². The predicted octanol–water partition coefficient (Wildman–Crippen LogP) is 4.14. The van der Waals surface area contributed by atoms with Gasteiger partial charge >= 0.3 is 0 Å². The van der Waals surface area contributed by atoms with Crippen LogP contribution in [0.5, 0.6) is 0 Å². The first kappa shape index (κ1) is 14.5. The van der Waals surface area contributed by atoms with E-state index < -0.39 is 0 Å². The van der Waals surface area contributed by atoms with Gasteiger partial charge in [-0.05, 0) is 48.6 Å². The molecular weight excluding hydrogens is 274 g/mol. The van der Waals surface area contributed by atoms with Gasteiger partial charge in [-0.3, -0.25) is 0 Å². The van der Waals surface area contributed by atoms with Crippen LogP contribution >= 0.6 is 23.3 Å². The van der Waals surface area contributed by atoms with E-state index >= 15 is 0 Å². The normalized spacial score (nSPS) is 12.5. The maximum atomic E-state index is 4.18. The highest BCUT2D eigenvalue weighted by atomic mass is 32.2. The molecule has 2 rings (SSSR count). The summed E-state index contributed by atoms with van der Waals surface area (Å²) in [5.74, 6) is 0. The SMILES string of the molecule is CCCNC(CC)c1ccc(Sc2ncns2)cc1. The van der Waals surface area contributed by atoms with Crippen LogP contribution in [0.3, 0.4) is 0 Å². The molecule has 0 saturated carbocycles. The highest BCUT2D eigenvalue weighted by Crippen LogP contribution is 2.29. The average Bonchev–Trinajstić information content (AvgIpc) is 2.94. The second-order valence-corrected chi connectivity index (χ2v) is 6.39. The molecule has 3 nitrogen and oxygen atoms in total. The maximum Gasteiger partial charge on any atom is 0.174 e. The van der Waals surface area contributed by atoms with Gasteiger partial charge < -0.3 is 5.32 Å². The van der Waals surface area contributed by atoms with Gasteiger partial charge in [0.25, 0.3) is 0 Å². The lowest BCUT2D eigenvalue weighted by Gasteiger charge is -2.17. The Morgan fingerprint density at radius 3 is 2.63 bits per heavy atom. The molecule has 0 aliphatic heterocycles. The summed E-state index contributed by atoms with van der Waals surface area (Å²) in [6, 6.07) is 9.20. The molecule has 1 heterocycles. The average molecular weight is 293 g/mol. The lowest BCUT2D eigenvalue weighted by Crippen LogP contribution is -2.21. The van der Waals surface area contributed by atoms with E-state index in [2.05, 4.69) is 52.8 Å². The first-order valence-electron chi connectivity index (χ1n) is 6.61. The summed E-state index contributed by atoms with van der Waals surface area (Å²) < 4.78 is 5.00. The van der Waals surface area contributed by atoms with Crippen LogP contribution in [-0.4, -0.2) is 15.9 Å². The molecule has 1 unspecified atom stereocenters. The van der Waals surface area contributed by atoms with E-state index in [0.717, 1.165) is 17.3 Å². The largest absolute Gasteiger partial charge is 0.310 e. The van der Waals surface area contributed by atoms with Gasteiger partial charge in [-0.2, -0.15) is 4.37 Å². The Balaban J connectivity index is 2.00. The number of hydrogen-bond acceptors (Lipinski definition) is 5. The Kier molecular flexibility index (Phi) is 5.82. The number of hydrogen-bond donors (Lipinski definition) is 1. The van der Waals surface area contributed by atoms with Crippen molar-refractivity contribution in [1.29, 1.82) is 0 Å². The van der Waals surface area contributed by atoms with E-state index in [4.69, 9.17) is 0 Å². The Morgan fingerprint density at radius 2 is 2.05 bits per heavy atom. The highest BCUT2D eigenvalue weighted by molar-refractivity contribution is 8.01. The first-order valence-corrected chi connectivity index (χ1v) is 8.20. The zero-order chi connectivity index (χ0) is 13.5. The summed E-state index contributed by atoms with van der Waals surface area (Å²) in [5.41, 5.74) is 1.36. The Morgan fingerprint density at radius 1 is 1.26 bits per heavy atom.